The molecule has 3 aromatic rings. The van der Waals surface area contributed by atoms with Gasteiger partial charge in [-0.1, -0.05) is 78.9 Å². The Balaban J connectivity index is 0.000000414. The van der Waals surface area contributed by atoms with Crippen molar-refractivity contribution in [3.8, 4) is 0 Å². The molecule has 2 unspecified atom stereocenters. The van der Waals surface area contributed by atoms with Crippen LogP contribution in [0.3, 0.4) is 0 Å². The number of carboxylic acid groups (broad SMARTS) is 2. The van der Waals surface area contributed by atoms with Crippen molar-refractivity contribution >= 4 is 35.5 Å². The fourth-order valence-electron chi connectivity index (χ4n) is 4.15. The minimum absolute atomic E-state index is 0.128. The number of fused-ring (bicyclic) bond motifs is 2. The van der Waals surface area contributed by atoms with Gasteiger partial charge in [0, 0.05) is 30.4 Å². The third-order valence-corrected chi connectivity index (χ3v) is 6.02. The number of aliphatic hydroxyl groups excluding tert-OH is 1. The summed E-state index contributed by atoms with van der Waals surface area (Å²) in [7, 11) is 0. The smallest absolute Gasteiger partial charge is 0.328 e. The highest BCUT2D eigenvalue weighted by Gasteiger charge is 2.20. The van der Waals surface area contributed by atoms with Crippen LogP contribution in [-0.2, 0) is 9.59 Å². The number of hydrogen-bond donors (Lipinski definition) is 3. The van der Waals surface area contributed by atoms with Crippen LogP contribution in [0.4, 0.5) is 11.4 Å². The van der Waals surface area contributed by atoms with Gasteiger partial charge in [0.15, 0.2) is 0 Å². The second-order valence-corrected chi connectivity index (χ2v) is 8.69. The van der Waals surface area contributed by atoms with Crippen molar-refractivity contribution in [1.29, 1.82) is 0 Å². The van der Waals surface area contributed by atoms with Crippen LogP contribution in [0.1, 0.15) is 36.1 Å². The fraction of sp³-hybridized carbons (Fsp3) is 0.200. The summed E-state index contributed by atoms with van der Waals surface area (Å²) in [5, 5.41) is 30.1. The molecule has 7 nitrogen and oxygen atoms in total. The SMILES string of the molecule is CC([NH2+]CCCN1c2ccccc2C=Cc2ccccc21)C(O)c1ccccc1.O=C([O-])/C=C/C(=O)O. The summed E-state index contributed by atoms with van der Waals surface area (Å²) in [6.45, 7) is 4.01. The van der Waals surface area contributed by atoms with Crippen LogP contribution in [0.2, 0.25) is 0 Å². The van der Waals surface area contributed by atoms with Crippen molar-refractivity contribution in [3.05, 3.63) is 108 Å². The van der Waals surface area contributed by atoms with Crippen LogP contribution in [-0.4, -0.2) is 41.3 Å². The van der Waals surface area contributed by atoms with Gasteiger partial charge in [0.2, 0.25) is 0 Å². The van der Waals surface area contributed by atoms with Gasteiger partial charge in [-0.05, 0) is 41.8 Å². The van der Waals surface area contributed by atoms with E-state index in [4.69, 9.17) is 5.11 Å². The number of benzene rings is 3. The second-order valence-electron chi connectivity index (χ2n) is 8.69. The summed E-state index contributed by atoms with van der Waals surface area (Å²) in [6, 6.07) is 27.2. The molecule has 1 heterocycles. The van der Waals surface area contributed by atoms with Crippen LogP contribution in [0.15, 0.2) is 91.0 Å². The Kier molecular flexibility index (Phi) is 10.2. The fourth-order valence-corrected chi connectivity index (χ4v) is 4.15. The third kappa shape index (κ3) is 8.17. The van der Waals surface area contributed by atoms with Gasteiger partial charge in [0.1, 0.15) is 12.1 Å². The van der Waals surface area contributed by atoms with E-state index >= 15 is 0 Å². The molecule has 0 bridgehead atoms. The molecule has 3 aromatic carbocycles. The number of nitrogens with zero attached hydrogens (tertiary/aromatic N) is 1. The Labute approximate surface area is 217 Å². The summed E-state index contributed by atoms with van der Waals surface area (Å²) >= 11 is 0. The van der Waals surface area contributed by atoms with E-state index in [-0.39, 0.29) is 6.04 Å². The van der Waals surface area contributed by atoms with E-state index in [1.54, 1.807) is 0 Å². The highest BCUT2D eigenvalue weighted by atomic mass is 16.4. The van der Waals surface area contributed by atoms with E-state index in [0.29, 0.717) is 12.2 Å². The molecule has 192 valence electrons. The minimum atomic E-state index is -1.51. The largest absolute Gasteiger partial charge is 0.545 e. The summed E-state index contributed by atoms with van der Waals surface area (Å²) in [6.07, 6.45) is 5.95. The van der Waals surface area contributed by atoms with Crippen molar-refractivity contribution in [2.24, 2.45) is 0 Å². The first-order valence-electron chi connectivity index (χ1n) is 12.2. The highest BCUT2D eigenvalue weighted by molar-refractivity contribution is 5.89. The van der Waals surface area contributed by atoms with Gasteiger partial charge >= 0.3 is 5.97 Å². The van der Waals surface area contributed by atoms with Gasteiger partial charge in [-0.3, -0.25) is 0 Å². The van der Waals surface area contributed by atoms with Gasteiger partial charge in [-0.2, -0.15) is 0 Å². The molecule has 0 fully saturated rings. The number of anilines is 2. The number of aliphatic hydroxyl groups is 1. The topological polar surface area (TPSA) is 118 Å². The van der Waals surface area contributed by atoms with Gasteiger partial charge in [0.05, 0.1) is 12.5 Å². The minimum Gasteiger partial charge on any atom is -0.545 e. The van der Waals surface area contributed by atoms with E-state index in [1.807, 2.05) is 30.3 Å². The predicted molar refractivity (Wildman–Crippen MR) is 143 cm³/mol. The molecular formula is C30H32N2O5. The summed E-state index contributed by atoms with van der Waals surface area (Å²) in [5.74, 6) is -2.80. The average Bonchev–Trinajstić information content (AvgIpc) is 3.07. The van der Waals surface area contributed by atoms with E-state index in [0.717, 1.165) is 25.1 Å². The second kappa shape index (κ2) is 13.8. The van der Waals surface area contributed by atoms with Crippen LogP contribution in [0, 0.1) is 0 Å². The normalized spacial score (nSPS) is 13.5. The third-order valence-electron chi connectivity index (χ3n) is 6.02. The quantitative estimate of drug-likeness (QED) is 0.307. The lowest BCUT2D eigenvalue weighted by atomic mass is 10.0. The maximum absolute atomic E-state index is 10.6. The van der Waals surface area contributed by atoms with Gasteiger partial charge in [-0.15, -0.1) is 0 Å². The number of nitrogens with two attached hydrogens (primary N) is 1. The monoisotopic (exact) mass is 500 g/mol. The van der Waals surface area contributed by atoms with E-state index in [2.05, 4.69) is 77.8 Å². The molecule has 0 aromatic heterocycles. The number of carbonyl (C=O) groups excluding carboxylic acids is 1. The number of carbonyl (C=O) groups is 2. The number of para-hydroxylation sites is 2. The number of quaternary nitrogens is 1. The summed E-state index contributed by atoms with van der Waals surface area (Å²) in [5.41, 5.74) is 6.00. The molecular weight excluding hydrogens is 468 g/mol. The van der Waals surface area contributed by atoms with E-state index < -0.39 is 18.0 Å². The maximum atomic E-state index is 10.6. The van der Waals surface area contributed by atoms with Crippen molar-refractivity contribution in [3.63, 3.8) is 0 Å². The molecule has 0 radical (unpaired) electrons. The zero-order valence-electron chi connectivity index (χ0n) is 20.7. The Morgan fingerprint density at radius 3 is 1.95 bits per heavy atom. The summed E-state index contributed by atoms with van der Waals surface area (Å²) < 4.78 is 0. The molecule has 4 N–H and O–H groups in total. The molecule has 1 aliphatic rings. The molecule has 7 heteroatoms. The first-order chi connectivity index (χ1) is 17.9. The lowest BCUT2D eigenvalue weighted by Gasteiger charge is -2.27. The van der Waals surface area contributed by atoms with Crippen molar-refractivity contribution < 1.29 is 30.2 Å². The Morgan fingerprint density at radius 2 is 1.43 bits per heavy atom. The molecule has 0 saturated heterocycles. The number of hydrogen-bond acceptors (Lipinski definition) is 5. The van der Waals surface area contributed by atoms with Crippen LogP contribution < -0.4 is 15.3 Å². The summed E-state index contributed by atoms with van der Waals surface area (Å²) in [4.78, 5) is 21.4. The lowest BCUT2D eigenvalue weighted by Crippen LogP contribution is -2.90. The highest BCUT2D eigenvalue weighted by Crippen LogP contribution is 2.35. The van der Waals surface area contributed by atoms with Crippen LogP contribution in [0.25, 0.3) is 12.2 Å². The molecule has 0 saturated carbocycles. The van der Waals surface area contributed by atoms with Crippen molar-refractivity contribution in [1.82, 2.24) is 0 Å². The maximum Gasteiger partial charge on any atom is 0.328 e. The van der Waals surface area contributed by atoms with Gasteiger partial charge < -0.3 is 30.3 Å². The molecule has 4 rings (SSSR count). The van der Waals surface area contributed by atoms with Crippen molar-refractivity contribution in [2.45, 2.75) is 25.5 Å². The molecule has 2 atom stereocenters. The first-order valence-corrected chi connectivity index (χ1v) is 12.2. The number of carboxylic acids is 2. The van der Waals surface area contributed by atoms with Crippen LogP contribution >= 0.6 is 0 Å². The van der Waals surface area contributed by atoms with Crippen LogP contribution in [0.5, 0.6) is 0 Å². The average molecular weight is 501 g/mol. The van der Waals surface area contributed by atoms with Gasteiger partial charge in [0.25, 0.3) is 0 Å². The van der Waals surface area contributed by atoms with Gasteiger partial charge in [-0.25, -0.2) is 4.79 Å². The van der Waals surface area contributed by atoms with Crippen molar-refractivity contribution in [2.75, 3.05) is 18.0 Å². The molecule has 1 aliphatic heterocycles. The Morgan fingerprint density at radius 1 is 0.892 bits per heavy atom. The zero-order valence-corrected chi connectivity index (χ0v) is 20.7. The standard InChI is InChI=1S/C26H28N2O.C4H4O4/c1-20(26(29)23-12-3-2-4-13-23)27-18-9-19-28-24-14-7-5-10-21(24)16-17-22-11-6-8-15-25(22)28;5-3(6)1-2-4(7)8/h2-8,10-17,20,26-27,29H,9,18-19H2,1H3;1-2H,(H,5,6)(H,7,8)/b;2-1+. The van der Waals surface area contributed by atoms with E-state index in [1.165, 1.54) is 22.5 Å². The molecule has 37 heavy (non-hydrogen) atoms. The molecule has 0 aliphatic carbocycles. The first kappa shape index (κ1) is 27.4. The lowest BCUT2D eigenvalue weighted by molar-refractivity contribution is -0.694. The number of aliphatic carboxylic acids is 2. The molecule has 0 spiro atoms. The number of rotatable bonds is 9. The zero-order chi connectivity index (χ0) is 26.6. The Hall–Kier alpha value is -4.20. The predicted octanol–water partition coefficient (Wildman–Crippen LogP) is 2.76. The van der Waals surface area contributed by atoms with E-state index in [9.17, 15) is 19.8 Å². The Bertz CT molecular complexity index is 1170. The molecule has 0 amide bonds.